The van der Waals surface area contributed by atoms with Gasteiger partial charge >= 0.3 is 18.1 Å². The lowest BCUT2D eigenvalue weighted by atomic mass is 9.94. The number of likely N-dealkylation sites (tertiary alicyclic amines) is 1. The summed E-state index contributed by atoms with van der Waals surface area (Å²) < 4.78 is 10.7. The van der Waals surface area contributed by atoms with E-state index in [-0.39, 0.29) is 18.7 Å². The number of rotatable bonds is 6. The number of benzene rings is 1. The van der Waals surface area contributed by atoms with Gasteiger partial charge in [0.05, 0.1) is 18.2 Å². The molecule has 3 amide bonds. The number of nitrogens with one attached hydrogen (secondary N) is 3. The Bertz CT molecular complexity index is 928. The van der Waals surface area contributed by atoms with Crippen molar-refractivity contribution in [1.82, 2.24) is 20.9 Å². The van der Waals surface area contributed by atoms with Gasteiger partial charge in [-0.05, 0) is 53.0 Å². The number of ether oxygens (including phenoxy) is 2. The molecule has 1 aromatic rings. The molecule has 9 heteroatoms. The summed E-state index contributed by atoms with van der Waals surface area (Å²) in [5.74, 6) is -0.447. The lowest BCUT2D eigenvalue weighted by Crippen LogP contribution is -2.50. The van der Waals surface area contributed by atoms with E-state index in [0.717, 1.165) is 24.0 Å². The first-order valence-corrected chi connectivity index (χ1v) is 11.8. The topological polar surface area (TPSA) is 109 Å². The first kappa shape index (κ1) is 25.6. The first-order valence-electron chi connectivity index (χ1n) is 11.8. The number of amides is 3. The number of hydrogen-bond acceptors (Lipinski definition) is 6. The molecule has 1 aromatic carbocycles. The van der Waals surface area contributed by atoms with Gasteiger partial charge in [-0.2, -0.15) is 0 Å². The second-order valence-corrected chi connectivity index (χ2v) is 9.75. The van der Waals surface area contributed by atoms with Crippen LogP contribution >= 0.6 is 0 Å². The van der Waals surface area contributed by atoms with Crippen LogP contribution < -0.4 is 16.0 Å². The lowest BCUT2D eigenvalue weighted by molar-refractivity contribution is -0.139. The fourth-order valence-electron chi connectivity index (χ4n) is 4.13. The number of urea groups is 1. The van der Waals surface area contributed by atoms with E-state index in [1.807, 2.05) is 52.0 Å². The van der Waals surface area contributed by atoms with Gasteiger partial charge in [-0.3, -0.25) is 4.90 Å². The number of hydrogen-bond donors (Lipinski definition) is 3. The number of nitrogens with zero attached hydrogens (tertiary/aromatic N) is 1. The smallest absolute Gasteiger partial charge is 0.407 e. The highest BCUT2D eigenvalue weighted by atomic mass is 16.6. The second-order valence-electron chi connectivity index (χ2n) is 9.75. The molecule has 1 atom stereocenters. The molecule has 0 aliphatic carbocycles. The summed E-state index contributed by atoms with van der Waals surface area (Å²) in [7, 11) is 0. The van der Waals surface area contributed by atoms with Crippen molar-refractivity contribution < 1.29 is 23.9 Å². The zero-order valence-electron chi connectivity index (χ0n) is 20.7. The maximum Gasteiger partial charge on any atom is 0.407 e. The van der Waals surface area contributed by atoms with Crippen LogP contribution in [0.4, 0.5) is 9.59 Å². The highest BCUT2D eigenvalue weighted by Gasteiger charge is 2.35. The van der Waals surface area contributed by atoms with Crippen LogP contribution in [-0.4, -0.2) is 60.9 Å². The van der Waals surface area contributed by atoms with Crippen molar-refractivity contribution in [3.8, 4) is 0 Å². The Kier molecular flexibility index (Phi) is 8.19. The van der Waals surface area contributed by atoms with Crippen LogP contribution in [0.15, 0.2) is 35.5 Å². The zero-order valence-corrected chi connectivity index (χ0v) is 20.7. The van der Waals surface area contributed by atoms with Crippen LogP contribution in [0, 0.1) is 6.92 Å². The lowest BCUT2D eigenvalue weighted by Gasteiger charge is -2.35. The van der Waals surface area contributed by atoms with Crippen molar-refractivity contribution in [2.75, 3.05) is 26.2 Å². The molecule has 0 radical (unpaired) electrons. The quantitative estimate of drug-likeness (QED) is 0.549. The minimum Gasteiger partial charge on any atom is -0.463 e. The summed E-state index contributed by atoms with van der Waals surface area (Å²) in [6, 6.07) is 6.81. The molecule has 1 saturated heterocycles. The van der Waals surface area contributed by atoms with Crippen LogP contribution in [0.5, 0.6) is 0 Å². The van der Waals surface area contributed by atoms with Gasteiger partial charge in [0.15, 0.2) is 0 Å². The molecule has 1 fully saturated rings. The second kappa shape index (κ2) is 10.9. The molecule has 0 saturated carbocycles. The van der Waals surface area contributed by atoms with Crippen LogP contribution in [0.3, 0.4) is 0 Å². The Morgan fingerprint density at radius 2 is 1.79 bits per heavy atom. The van der Waals surface area contributed by atoms with Crippen molar-refractivity contribution in [3.05, 3.63) is 46.7 Å². The minimum absolute atomic E-state index is 0.0209. The molecular weight excluding hydrogens is 436 g/mol. The summed E-state index contributed by atoms with van der Waals surface area (Å²) in [6.07, 6.45) is 1.08. The normalized spacial score (nSPS) is 19.8. The predicted octanol–water partition coefficient (Wildman–Crippen LogP) is 3.16. The fraction of sp³-hybridized carbons (Fsp3) is 0.560. The van der Waals surface area contributed by atoms with Gasteiger partial charge in [0, 0.05) is 31.4 Å². The van der Waals surface area contributed by atoms with Crippen molar-refractivity contribution in [2.24, 2.45) is 0 Å². The molecule has 3 N–H and O–H groups in total. The Morgan fingerprint density at radius 3 is 2.38 bits per heavy atom. The van der Waals surface area contributed by atoms with Gasteiger partial charge in [-0.1, -0.05) is 29.8 Å². The third kappa shape index (κ3) is 6.96. The molecule has 2 aliphatic rings. The standard InChI is InChI=1S/C25H36N4O5/c1-6-33-22(30)20-19(27-23(31)28-21(20)17-9-7-16(2)8-10-17)15-29-13-11-18(12-14-29)26-24(32)34-25(3,4)5/h7-10,18,21H,6,11-15H2,1-5H3,(H,26,32)(H2,27,28,31)/t21-/m0/s1. The Balaban J connectivity index is 1.73. The molecule has 9 nitrogen and oxygen atoms in total. The van der Waals surface area contributed by atoms with E-state index in [4.69, 9.17) is 9.47 Å². The maximum absolute atomic E-state index is 12.9. The van der Waals surface area contributed by atoms with Gasteiger partial charge in [0.2, 0.25) is 0 Å². The molecule has 186 valence electrons. The van der Waals surface area contributed by atoms with E-state index in [1.165, 1.54) is 0 Å². The number of aryl methyl sites for hydroxylation is 1. The largest absolute Gasteiger partial charge is 0.463 e. The third-order valence-electron chi connectivity index (χ3n) is 5.75. The molecule has 0 unspecified atom stereocenters. The van der Waals surface area contributed by atoms with Crippen LogP contribution in [0.25, 0.3) is 0 Å². The first-order chi connectivity index (χ1) is 16.1. The molecule has 34 heavy (non-hydrogen) atoms. The Labute approximate surface area is 201 Å². The minimum atomic E-state index is -0.588. The molecule has 2 aliphatic heterocycles. The molecule has 0 spiro atoms. The number of alkyl carbamates (subject to hydrolysis) is 1. The molecule has 3 rings (SSSR count). The Morgan fingerprint density at radius 1 is 1.15 bits per heavy atom. The van der Waals surface area contributed by atoms with Gasteiger partial charge in [-0.25, -0.2) is 14.4 Å². The van der Waals surface area contributed by atoms with E-state index in [9.17, 15) is 14.4 Å². The van der Waals surface area contributed by atoms with Crippen LogP contribution in [-0.2, 0) is 14.3 Å². The molecule has 0 aromatic heterocycles. The van der Waals surface area contributed by atoms with Crippen molar-refractivity contribution >= 4 is 18.1 Å². The van der Waals surface area contributed by atoms with E-state index in [1.54, 1.807) is 6.92 Å². The highest BCUT2D eigenvalue weighted by molar-refractivity contribution is 5.95. The SMILES string of the molecule is CCOC(=O)C1=C(CN2CCC(NC(=O)OC(C)(C)C)CC2)NC(=O)N[C@H]1c1ccc(C)cc1. The molecule has 0 bridgehead atoms. The van der Waals surface area contributed by atoms with E-state index in [2.05, 4.69) is 20.9 Å². The summed E-state index contributed by atoms with van der Waals surface area (Å²) in [5.41, 5.74) is 2.34. The van der Waals surface area contributed by atoms with Crippen molar-refractivity contribution in [3.63, 3.8) is 0 Å². The van der Waals surface area contributed by atoms with Gasteiger partial charge in [-0.15, -0.1) is 0 Å². The summed E-state index contributed by atoms with van der Waals surface area (Å²) in [6.45, 7) is 11.3. The molecular formula is C25H36N4O5. The van der Waals surface area contributed by atoms with E-state index in [0.29, 0.717) is 30.9 Å². The number of carbonyl (C=O) groups excluding carboxylic acids is 3. The van der Waals surface area contributed by atoms with E-state index >= 15 is 0 Å². The monoisotopic (exact) mass is 472 g/mol. The average molecular weight is 473 g/mol. The predicted molar refractivity (Wildman–Crippen MR) is 128 cm³/mol. The summed E-state index contributed by atoms with van der Waals surface area (Å²) in [5, 5.41) is 8.63. The zero-order chi connectivity index (χ0) is 24.9. The van der Waals surface area contributed by atoms with Crippen molar-refractivity contribution in [2.45, 2.75) is 65.1 Å². The number of carbonyl (C=O) groups is 3. The van der Waals surface area contributed by atoms with Gasteiger partial charge in [0.25, 0.3) is 0 Å². The fourth-order valence-corrected chi connectivity index (χ4v) is 4.13. The van der Waals surface area contributed by atoms with Crippen LogP contribution in [0.1, 0.15) is 57.7 Å². The van der Waals surface area contributed by atoms with Crippen LogP contribution in [0.2, 0.25) is 0 Å². The van der Waals surface area contributed by atoms with E-state index < -0.39 is 23.7 Å². The Hall–Kier alpha value is -3.07. The number of esters is 1. The van der Waals surface area contributed by atoms with Crippen molar-refractivity contribution in [1.29, 1.82) is 0 Å². The van der Waals surface area contributed by atoms with Gasteiger partial charge in [0.1, 0.15) is 5.60 Å². The average Bonchev–Trinajstić information content (AvgIpc) is 2.74. The number of piperidine rings is 1. The summed E-state index contributed by atoms with van der Waals surface area (Å²) in [4.78, 5) is 39.7. The highest BCUT2D eigenvalue weighted by Crippen LogP contribution is 2.29. The molecule has 2 heterocycles. The summed E-state index contributed by atoms with van der Waals surface area (Å²) >= 11 is 0. The van der Waals surface area contributed by atoms with Gasteiger partial charge < -0.3 is 25.4 Å². The maximum atomic E-state index is 12.9. The third-order valence-corrected chi connectivity index (χ3v) is 5.75.